The molecule has 0 fully saturated rings. The summed E-state index contributed by atoms with van der Waals surface area (Å²) < 4.78 is 14.5. The number of carbonyl (C=O) groups excluding carboxylic acids is 1. The Labute approximate surface area is 139 Å². The Kier molecular flexibility index (Phi) is 4.37. The molecule has 0 aliphatic carbocycles. The van der Waals surface area contributed by atoms with Crippen molar-refractivity contribution in [1.29, 1.82) is 0 Å². The summed E-state index contributed by atoms with van der Waals surface area (Å²) in [6.07, 6.45) is 1.58. The van der Waals surface area contributed by atoms with Crippen LogP contribution in [0, 0.1) is 12.7 Å². The minimum atomic E-state index is -0.329. The van der Waals surface area contributed by atoms with Crippen molar-refractivity contribution in [3.05, 3.63) is 77.4 Å². The van der Waals surface area contributed by atoms with E-state index in [4.69, 9.17) is 0 Å². The number of nitrogens with zero attached hydrogens (tertiary/aromatic N) is 3. The van der Waals surface area contributed by atoms with Gasteiger partial charge >= 0.3 is 0 Å². The summed E-state index contributed by atoms with van der Waals surface area (Å²) in [5.41, 5.74) is 3.02. The number of rotatable bonds is 4. The lowest BCUT2D eigenvalue weighted by molar-refractivity contribution is 0.0935. The zero-order chi connectivity index (χ0) is 17.1. The molecule has 0 saturated heterocycles. The molecule has 0 aliphatic rings. The highest BCUT2D eigenvalue weighted by atomic mass is 19.1. The normalized spacial score (nSPS) is 12.0. The van der Waals surface area contributed by atoms with Crippen LogP contribution in [0.5, 0.6) is 0 Å². The van der Waals surface area contributed by atoms with Crippen molar-refractivity contribution in [3.8, 4) is 5.69 Å². The molecule has 0 aliphatic heterocycles. The summed E-state index contributed by atoms with van der Waals surface area (Å²) >= 11 is 0. The molecule has 0 unspecified atom stereocenters. The minimum Gasteiger partial charge on any atom is -0.344 e. The topological polar surface area (TPSA) is 59.8 Å². The maximum absolute atomic E-state index is 13.0. The van der Waals surface area contributed by atoms with E-state index in [1.54, 1.807) is 23.0 Å². The largest absolute Gasteiger partial charge is 0.344 e. The number of amides is 1. The molecular formula is C18H17FN4O. The maximum Gasteiger partial charge on any atom is 0.273 e. The molecule has 2 aromatic carbocycles. The van der Waals surface area contributed by atoms with Gasteiger partial charge in [-0.25, -0.2) is 9.07 Å². The van der Waals surface area contributed by atoms with Gasteiger partial charge in [-0.15, -0.1) is 5.10 Å². The number of aromatic nitrogens is 3. The Bertz CT molecular complexity index is 840. The van der Waals surface area contributed by atoms with Gasteiger partial charge in [-0.3, -0.25) is 4.79 Å². The molecule has 1 heterocycles. The van der Waals surface area contributed by atoms with Crippen LogP contribution in [0.1, 0.15) is 34.6 Å². The Hall–Kier alpha value is -3.02. The zero-order valence-electron chi connectivity index (χ0n) is 13.4. The average molecular weight is 324 g/mol. The lowest BCUT2D eigenvalue weighted by Crippen LogP contribution is -2.27. The molecule has 0 saturated carbocycles. The lowest BCUT2D eigenvalue weighted by atomic mass is 10.1. The third-order valence-corrected chi connectivity index (χ3v) is 3.74. The smallest absolute Gasteiger partial charge is 0.273 e. The zero-order valence-corrected chi connectivity index (χ0v) is 13.4. The van der Waals surface area contributed by atoms with Crippen LogP contribution in [0.4, 0.5) is 4.39 Å². The molecule has 24 heavy (non-hydrogen) atoms. The molecule has 0 spiro atoms. The first-order chi connectivity index (χ1) is 11.5. The van der Waals surface area contributed by atoms with Crippen molar-refractivity contribution < 1.29 is 9.18 Å². The van der Waals surface area contributed by atoms with Gasteiger partial charge in [-0.2, -0.15) is 0 Å². The first-order valence-electron chi connectivity index (χ1n) is 7.58. The Morgan fingerprint density at radius 1 is 1.12 bits per heavy atom. The van der Waals surface area contributed by atoms with Crippen LogP contribution in [0.25, 0.3) is 5.69 Å². The second-order valence-corrected chi connectivity index (χ2v) is 5.63. The predicted molar refractivity (Wildman–Crippen MR) is 88.4 cm³/mol. The van der Waals surface area contributed by atoms with E-state index in [1.807, 2.05) is 38.1 Å². The monoisotopic (exact) mass is 324 g/mol. The average Bonchev–Trinajstić information content (AvgIpc) is 3.06. The van der Waals surface area contributed by atoms with Crippen LogP contribution < -0.4 is 5.32 Å². The van der Waals surface area contributed by atoms with Gasteiger partial charge < -0.3 is 5.32 Å². The van der Waals surface area contributed by atoms with Gasteiger partial charge in [0.25, 0.3) is 5.91 Å². The molecule has 1 aromatic heterocycles. The SMILES string of the molecule is Cc1ccc(-n2cc(C(=O)N[C@H](C)c3ccc(F)cc3)nn2)cc1. The van der Waals surface area contributed by atoms with Crippen molar-refractivity contribution in [2.45, 2.75) is 19.9 Å². The molecule has 1 amide bonds. The van der Waals surface area contributed by atoms with Gasteiger partial charge in [0.2, 0.25) is 0 Å². The van der Waals surface area contributed by atoms with E-state index >= 15 is 0 Å². The van der Waals surface area contributed by atoms with Crippen LogP contribution in [-0.4, -0.2) is 20.9 Å². The van der Waals surface area contributed by atoms with Crippen molar-refractivity contribution in [1.82, 2.24) is 20.3 Å². The van der Waals surface area contributed by atoms with E-state index in [0.717, 1.165) is 16.8 Å². The summed E-state index contributed by atoms with van der Waals surface area (Å²) in [7, 11) is 0. The molecule has 3 rings (SSSR count). The van der Waals surface area contributed by atoms with E-state index < -0.39 is 0 Å². The fourth-order valence-corrected chi connectivity index (χ4v) is 2.30. The quantitative estimate of drug-likeness (QED) is 0.802. The van der Waals surface area contributed by atoms with Crippen LogP contribution >= 0.6 is 0 Å². The summed E-state index contributed by atoms with van der Waals surface area (Å²) in [5.74, 6) is -0.636. The Balaban J connectivity index is 1.71. The molecule has 3 aromatic rings. The van der Waals surface area contributed by atoms with Gasteiger partial charge in [0.1, 0.15) is 5.82 Å². The number of carbonyl (C=O) groups is 1. The van der Waals surface area contributed by atoms with E-state index in [0.29, 0.717) is 0 Å². The van der Waals surface area contributed by atoms with Gasteiger partial charge in [0.05, 0.1) is 17.9 Å². The van der Waals surface area contributed by atoms with Gasteiger partial charge in [0.15, 0.2) is 5.69 Å². The first kappa shape index (κ1) is 15.9. The third-order valence-electron chi connectivity index (χ3n) is 3.74. The Morgan fingerprint density at radius 2 is 1.79 bits per heavy atom. The van der Waals surface area contributed by atoms with Crippen LogP contribution in [0.15, 0.2) is 54.7 Å². The predicted octanol–water partition coefficient (Wildman–Crippen LogP) is 3.21. The van der Waals surface area contributed by atoms with Gasteiger partial charge in [-0.1, -0.05) is 35.0 Å². The molecule has 0 radical (unpaired) electrons. The maximum atomic E-state index is 13.0. The van der Waals surface area contributed by atoms with Crippen LogP contribution in [0.2, 0.25) is 0 Å². The second kappa shape index (κ2) is 6.62. The van der Waals surface area contributed by atoms with Crippen LogP contribution in [-0.2, 0) is 0 Å². The standard InChI is InChI=1S/C18H17FN4O/c1-12-3-9-16(10-4-12)23-11-17(21-22-23)18(24)20-13(2)14-5-7-15(19)8-6-14/h3-11,13H,1-2H3,(H,20,24)/t13-/m1/s1. The highest BCUT2D eigenvalue weighted by Crippen LogP contribution is 2.14. The number of nitrogens with one attached hydrogen (secondary N) is 1. The van der Waals surface area contributed by atoms with E-state index in [2.05, 4.69) is 15.6 Å². The number of hydrogen-bond acceptors (Lipinski definition) is 3. The molecule has 6 heteroatoms. The number of halogens is 1. The molecule has 5 nitrogen and oxygen atoms in total. The van der Waals surface area contributed by atoms with Crippen molar-refractivity contribution >= 4 is 5.91 Å². The van der Waals surface area contributed by atoms with Crippen LogP contribution in [0.3, 0.4) is 0 Å². The minimum absolute atomic E-state index is 0.226. The second-order valence-electron chi connectivity index (χ2n) is 5.63. The van der Waals surface area contributed by atoms with Crippen molar-refractivity contribution in [2.75, 3.05) is 0 Å². The summed E-state index contributed by atoms with van der Waals surface area (Å²) in [6, 6.07) is 13.5. The third kappa shape index (κ3) is 3.48. The molecule has 122 valence electrons. The summed E-state index contributed by atoms with van der Waals surface area (Å²) in [4.78, 5) is 12.3. The van der Waals surface area contributed by atoms with E-state index in [9.17, 15) is 9.18 Å². The highest BCUT2D eigenvalue weighted by molar-refractivity contribution is 5.92. The molecular weight excluding hydrogens is 307 g/mol. The van der Waals surface area contributed by atoms with Crippen molar-refractivity contribution in [2.24, 2.45) is 0 Å². The Morgan fingerprint density at radius 3 is 2.46 bits per heavy atom. The van der Waals surface area contributed by atoms with Crippen molar-refractivity contribution in [3.63, 3.8) is 0 Å². The fraction of sp³-hybridized carbons (Fsp3) is 0.167. The number of benzene rings is 2. The van der Waals surface area contributed by atoms with Gasteiger partial charge in [-0.05, 0) is 43.7 Å². The van der Waals surface area contributed by atoms with E-state index in [-0.39, 0.29) is 23.5 Å². The number of hydrogen-bond donors (Lipinski definition) is 1. The first-order valence-corrected chi connectivity index (χ1v) is 7.58. The van der Waals surface area contributed by atoms with Gasteiger partial charge in [0, 0.05) is 0 Å². The highest BCUT2D eigenvalue weighted by Gasteiger charge is 2.15. The lowest BCUT2D eigenvalue weighted by Gasteiger charge is -2.13. The van der Waals surface area contributed by atoms with E-state index in [1.165, 1.54) is 12.1 Å². The number of aryl methyl sites for hydroxylation is 1. The fourth-order valence-electron chi connectivity index (χ4n) is 2.30. The summed E-state index contributed by atoms with van der Waals surface area (Å²) in [6.45, 7) is 3.83. The molecule has 1 N–H and O–H groups in total. The molecule has 1 atom stereocenters. The molecule has 0 bridgehead atoms. The summed E-state index contributed by atoms with van der Waals surface area (Å²) in [5, 5.41) is 10.7.